The van der Waals surface area contributed by atoms with Gasteiger partial charge >= 0.3 is 0 Å². The molecule has 2 heteroatoms. The van der Waals surface area contributed by atoms with Gasteiger partial charge in [-0.15, -0.1) is 6.58 Å². The van der Waals surface area contributed by atoms with Crippen LogP contribution in [0.2, 0.25) is 0 Å². The van der Waals surface area contributed by atoms with Crippen LogP contribution < -0.4 is 0 Å². The molecule has 3 rings (SSSR count). The van der Waals surface area contributed by atoms with Gasteiger partial charge in [-0.1, -0.05) is 65.7 Å². The SMILES string of the molecule is C=CCN(Cc1ccc(C)cc1)Cc1cccn1Cc1ccc(C)cc1. The zero-order valence-corrected chi connectivity index (χ0v) is 15.9. The third-order valence-corrected chi connectivity index (χ3v) is 4.70. The summed E-state index contributed by atoms with van der Waals surface area (Å²) in [4.78, 5) is 2.43. The molecule has 3 aromatic rings. The standard InChI is InChI=1S/C24H28N2/c1-4-15-25(17-22-11-7-20(2)8-12-22)19-24-6-5-16-26(24)18-23-13-9-21(3)10-14-23/h4-14,16H,1,15,17-19H2,2-3H3. The Kier molecular flexibility index (Phi) is 6.08. The molecule has 0 radical (unpaired) electrons. The normalized spacial score (nSPS) is 11.0. The largest absolute Gasteiger partial charge is 0.346 e. The van der Waals surface area contributed by atoms with Crippen LogP contribution in [0, 0.1) is 13.8 Å². The highest BCUT2D eigenvalue weighted by atomic mass is 15.1. The van der Waals surface area contributed by atoms with E-state index in [9.17, 15) is 0 Å². The maximum Gasteiger partial charge on any atom is 0.0473 e. The van der Waals surface area contributed by atoms with E-state index in [1.807, 2.05) is 6.08 Å². The van der Waals surface area contributed by atoms with Gasteiger partial charge in [0.05, 0.1) is 0 Å². The Labute approximate surface area is 157 Å². The van der Waals surface area contributed by atoms with Crippen LogP contribution >= 0.6 is 0 Å². The van der Waals surface area contributed by atoms with Crippen LogP contribution in [-0.4, -0.2) is 16.0 Å². The molecule has 2 aromatic carbocycles. The first-order valence-corrected chi connectivity index (χ1v) is 9.22. The van der Waals surface area contributed by atoms with Crippen LogP contribution in [0.25, 0.3) is 0 Å². The molecule has 2 nitrogen and oxygen atoms in total. The maximum absolute atomic E-state index is 3.94. The number of aromatic nitrogens is 1. The van der Waals surface area contributed by atoms with Gasteiger partial charge in [0.2, 0.25) is 0 Å². The van der Waals surface area contributed by atoms with E-state index >= 15 is 0 Å². The van der Waals surface area contributed by atoms with Crippen molar-refractivity contribution in [2.24, 2.45) is 0 Å². The molecule has 1 aromatic heterocycles. The van der Waals surface area contributed by atoms with Crippen molar-refractivity contribution >= 4 is 0 Å². The smallest absolute Gasteiger partial charge is 0.0473 e. The van der Waals surface area contributed by atoms with Gasteiger partial charge in [0.1, 0.15) is 0 Å². The van der Waals surface area contributed by atoms with Crippen LogP contribution in [0.5, 0.6) is 0 Å². The minimum Gasteiger partial charge on any atom is -0.346 e. The van der Waals surface area contributed by atoms with E-state index in [-0.39, 0.29) is 0 Å². The quantitative estimate of drug-likeness (QED) is 0.501. The predicted octanol–water partition coefficient (Wildman–Crippen LogP) is 5.34. The highest BCUT2D eigenvalue weighted by Crippen LogP contribution is 2.14. The van der Waals surface area contributed by atoms with Crippen LogP contribution in [0.1, 0.15) is 27.9 Å². The van der Waals surface area contributed by atoms with Gasteiger partial charge in [-0.2, -0.15) is 0 Å². The average Bonchev–Trinajstić information content (AvgIpc) is 3.06. The highest BCUT2D eigenvalue weighted by molar-refractivity contribution is 5.23. The second kappa shape index (κ2) is 8.68. The molecule has 26 heavy (non-hydrogen) atoms. The minimum absolute atomic E-state index is 0.879. The highest BCUT2D eigenvalue weighted by Gasteiger charge is 2.09. The fraction of sp³-hybridized carbons (Fsp3) is 0.250. The van der Waals surface area contributed by atoms with Crippen molar-refractivity contribution in [2.75, 3.05) is 6.54 Å². The lowest BCUT2D eigenvalue weighted by molar-refractivity contribution is 0.279. The Hall–Kier alpha value is -2.58. The summed E-state index contributed by atoms with van der Waals surface area (Å²) in [6.07, 6.45) is 4.16. The second-order valence-corrected chi connectivity index (χ2v) is 7.06. The van der Waals surface area contributed by atoms with E-state index < -0.39 is 0 Å². The summed E-state index contributed by atoms with van der Waals surface area (Å²) in [6, 6.07) is 22.0. The molecule has 0 aliphatic carbocycles. The Morgan fingerprint density at radius 1 is 0.846 bits per heavy atom. The Balaban J connectivity index is 1.71. The van der Waals surface area contributed by atoms with Crippen LogP contribution in [-0.2, 0) is 19.6 Å². The van der Waals surface area contributed by atoms with E-state index in [1.54, 1.807) is 0 Å². The molecule has 0 fully saturated rings. The van der Waals surface area contributed by atoms with Gasteiger partial charge in [0, 0.05) is 38.1 Å². The molecule has 0 aliphatic rings. The van der Waals surface area contributed by atoms with Gasteiger partial charge in [0.15, 0.2) is 0 Å². The van der Waals surface area contributed by atoms with Crippen molar-refractivity contribution in [3.63, 3.8) is 0 Å². The molecule has 1 heterocycles. The molecular weight excluding hydrogens is 316 g/mol. The van der Waals surface area contributed by atoms with Crippen molar-refractivity contribution < 1.29 is 0 Å². The van der Waals surface area contributed by atoms with Crippen molar-refractivity contribution in [3.8, 4) is 0 Å². The molecule has 0 N–H and O–H groups in total. The summed E-state index contributed by atoms with van der Waals surface area (Å²) in [5.41, 5.74) is 6.61. The number of hydrogen-bond donors (Lipinski definition) is 0. The second-order valence-electron chi connectivity index (χ2n) is 7.06. The fourth-order valence-corrected chi connectivity index (χ4v) is 3.19. The van der Waals surface area contributed by atoms with E-state index in [4.69, 9.17) is 0 Å². The summed E-state index contributed by atoms with van der Waals surface area (Å²) < 4.78 is 2.34. The summed E-state index contributed by atoms with van der Waals surface area (Å²) in [7, 11) is 0. The zero-order chi connectivity index (χ0) is 18.4. The Morgan fingerprint density at radius 3 is 2.08 bits per heavy atom. The van der Waals surface area contributed by atoms with Gasteiger partial charge < -0.3 is 4.57 Å². The first-order chi connectivity index (χ1) is 12.6. The third kappa shape index (κ3) is 4.96. The predicted molar refractivity (Wildman–Crippen MR) is 110 cm³/mol. The van der Waals surface area contributed by atoms with Gasteiger partial charge in [-0.3, -0.25) is 4.90 Å². The molecule has 0 unspecified atom stereocenters. The van der Waals surface area contributed by atoms with Gasteiger partial charge in [0.25, 0.3) is 0 Å². The number of aryl methyl sites for hydroxylation is 2. The molecule has 0 saturated heterocycles. The van der Waals surface area contributed by atoms with E-state index in [1.165, 1.54) is 27.9 Å². The molecule has 0 atom stereocenters. The van der Waals surface area contributed by atoms with Crippen molar-refractivity contribution in [2.45, 2.75) is 33.5 Å². The molecule has 0 bridgehead atoms. The lowest BCUT2D eigenvalue weighted by Gasteiger charge is -2.22. The molecular formula is C24H28N2. The van der Waals surface area contributed by atoms with Crippen LogP contribution in [0.15, 0.2) is 79.5 Å². The van der Waals surface area contributed by atoms with Gasteiger partial charge in [-0.05, 0) is 37.1 Å². The van der Waals surface area contributed by atoms with E-state index in [2.05, 4.69) is 96.8 Å². The summed E-state index contributed by atoms with van der Waals surface area (Å²) in [6.45, 7) is 11.8. The third-order valence-electron chi connectivity index (χ3n) is 4.70. The van der Waals surface area contributed by atoms with E-state index in [0.29, 0.717) is 0 Å². The minimum atomic E-state index is 0.879. The lowest BCUT2D eigenvalue weighted by atomic mass is 10.1. The molecule has 0 aliphatic heterocycles. The molecule has 134 valence electrons. The monoisotopic (exact) mass is 344 g/mol. The van der Waals surface area contributed by atoms with Crippen LogP contribution in [0.4, 0.5) is 0 Å². The molecule has 0 amide bonds. The summed E-state index contributed by atoms with van der Waals surface area (Å²) >= 11 is 0. The van der Waals surface area contributed by atoms with Crippen molar-refractivity contribution in [1.82, 2.24) is 9.47 Å². The molecule has 0 saturated carbocycles. The summed E-state index contributed by atoms with van der Waals surface area (Å²) in [5, 5.41) is 0. The maximum atomic E-state index is 3.94. The number of benzene rings is 2. The average molecular weight is 345 g/mol. The Bertz CT molecular complexity index is 825. The number of rotatable bonds is 8. The van der Waals surface area contributed by atoms with Crippen molar-refractivity contribution in [1.29, 1.82) is 0 Å². The van der Waals surface area contributed by atoms with Crippen LogP contribution in [0.3, 0.4) is 0 Å². The zero-order valence-electron chi connectivity index (χ0n) is 15.9. The van der Waals surface area contributed by atoms with Crippen molar-refractivity contribution in [3.05, 3.63) is 107 Å². The Morgan fingerprint density at radius 2 is 1.46 bits per heavy atom. The lowest BCUT2D eigenvalue weighted by Crippen LogP contribution is -2.24. The number of nitrogens with zero attached hydrogens (tertiary/aromatic N) is 2. The summed E-state index contributed by atoms with van der Waals surface area (Å²) in [5.74, 6) is 0. The van der Waals surface area contributed by atoms with E-state index in [0.717, 1.165) is 26.2 Å². The van der Waals surface area contributed by atoms with Gasteiger partial charge in [-0.25, -0.2) is 0 Å². The first-order valence-electron chi connectivity index (χ1n) is 9.22. The number of hydrogen-bond acceptors (Lipinski definition) is 1. The fourth-order valence-electron chi connectivity index (χ4n) is 3.19. The topological polar surface area (TPSA) is 8.17 Å². The first kappa shape index (κ1) is 18.2. The molecule has 0 spiro atoms.